The summed E-state index contributed by atoms with van der Waals surface area (Å²) in [6.07, 6.45) is 4.27. The molecule has 0 aromatic heterocycles. The van der Waals surface area contributed by atoms with E-state index in [2.05, 4.69) is 24.3 Å². The highest BCUT2D eigenvalue weighted by molar-refractivity contribution is 7.99. The number of nitrogens with zero attached hydrogens (tertiary/aromatic N) is 1. The highest BCUT2D eigenvalue weighted by Crippen LogP contribution is 2.41. The first-order valence-electron chi connectivity index (χ1n) is 5.69. The van der Waals surface area contributed by atoms with Crippen molar-refractivity contribution in [3.05, 3.63) is 0 Å². The molecule has 1 aliphatic rings. The smallest absolute Gasteiger partial charge is 0.234 e. The minimum Gasteiger partial charge on any atom is -0.409 e. The van der Waals surface area contributed by atoms with E-state index in [1.165, 1.54) is 0 Å². The van der Waals surface area contributed by atoms with Gasteiger partial charge in [0.25, 0.3) is 0 Å². The van der Waals surface area contributed by atoms with Gasteiger partial charge in [-0.15, -0.1) is 0 Å². The number of rotatable bonds is 5. The summed E-state index contributed by atoms with van der Waals surface area (Å²) in [6, 6.07) is 0. The van der Waals surface area contributed by atoms with Gasteiger partial charge in [0.1, 0.15) is 5.41 Å². The molecular formula is C11H21N3O2S. The van der Waals surface area contributed by atoms with Crippen molar-refractivity contribution in [2.24, 2.45) is 16.3 Å². The van der Waals surface area contributed by atoms with E-state index in [-0.39, 0.29) is 16.5 Å². The molecule has 1 aliphatic carbocycles. The van der Waals surface area contributed by atoms with Crippen LogP contribution in [0.25, 0.3) is 0 Å². The Balaban J connectivity index is 2.63. The van der Waals surface area contributed by atoms with Crippen LogP contribution in [0.4, 0.5) is 0 Å². The molecule has 0 atom stereocenters. The van der Waals surface area contributed by atoms with E-state index in [4.69, 9.17) is 10.9 Å². The number of thioether (sulfide) groups is 1. The number of carbonyl (C=O) groups is 1. The molecule has 1 amide bonds. The molecule has 0 radical (unpaired) electrons. The Labute approximate surface area is 106 Å². The van der Waals surface area contributed by atoms with Crippen molar-refractivity contribution in [1.82, 2.24) is 5.32 Å². The molecule has 0 saturated heterocycles. The maximum absolute atomic E-state index is 12.1. The van der Waals surface area contributed by atoms with Crippen molar-refractivity contribution < 1.29 is 10.0 Å². The van der Waals surface area contributed by atoms with Crippen molar-refractivity contribution in [2.75, 3.05) is 12.8 Å². The lowest BCUT2D eigenvalue weighted by molar-refractivity contribution is -0.131. The van der Waals surface area contributed by atoms with Crippen LogP contribution in [-0.4, -0.2) is 34.5 Å². The molecule has 0 aromatic rings. The molecule has 1 saturated carbocycles. The number of hydrogen-bond acceptors (Lipinski definition) is 4. The molecule has 98 valence electrons. The molecule has 0 spiro atoms. The number of amidine groups is 1. The largest absolute Gasteiger partial charge is 0.409 e. The molecule has 4 N–H and O–H groups in total. The minimum atomic E-state index is -0.775. The average molecular weight is 259 g/mol. The maximum atomic E-state index is 12.1. The van der Waals surface area contributed by atoms with Crippen LogP contribution in [0.3, 0.4) is 0 Å². The summed E-state index contributed by atoms with van der Waals surface area (Å²) < 4.78 is -0.00822. The van der Waals surface area contributed by atoms with Crippen molar-refractivity contribution in [3.63, 3.8) is 0 Å². The third-order valence-electron chi connectivity index (χ3n) is 3.47. The molecule has 0 aliphatic heterocycles. The number of hydrogen-bond donors (Lipinski definition) is 3. The van der Waals surface area contributed by atoms with Crippen LogP contribution in [0.5, 0.6) is 0 Å². The summed E-state index contributed by atoms with van der Waals surface area (Å²) in [5, 5.41) is 14.6. The molecule has 0 unspecified atom stereocenters. The second kappa shape index (κ2) is 5.16. The van der Waals surface area contributed by atoms with Crippen molar-refractivity contribution in [3.8, 4) is 0 Å². The fraction of sp³-hybridized carbons (Fsp3) is 0.818. The van der Waals surface area contributed by atoms with Gasteiger partial charge in [0, 0.05) is 11.3 Å². The molecule has 6 heteroatoms. The highest BCUT2D eigenvalue weighted by Gasteiger charge is 2.48. The van der Waals surface area contributed by atoms with Gasteiger partial charge in [-0.25, -0.2) is 0 Å². The second-order valence-electron chi connectivity index (χ2n) is 5.07. The summed E-state index contributed by atoms with van der Waals surface area (Å²) in [5.74, 6) is -0.0932. The van der Waals surface area contributed by atoms with Gasteiger partial charge in [0.2, 0.25) is 5.91 Å². The van der Waals surface area contributed by atoms with Gasteiger partial charge >= 0.3 is 0 Å². The van der Waals surface area contributed by atoms with Crippen LogP contribution >= 0.6 is 11.8 Å². The van der Waals surface area contributed by atoms with Gasteiger partial charge in [-0.1, -0.05) is 11.6 Å². The van der Waals surface area contributed by atoms with Crippen LogP contribution < -0.4 is 11.1 Å². The Kier molecular flexibility index (Phi) is 4.30. The molecule has 0 aromatic carbocycles. The first-order valence-corrected chi connectivity index (χ1v) is 6.92. The number of nitrogens with two attached hydrogens (primary N) is 1. The van der Waals surface area contributed by atoms with Crippen molar-refractivity contribution >= 4 is 23.5 Å². The first kappa shape index (κ1) is 14.2. The lowest BCUT2D eigenvalue weighted by Crippen LogP contribution is -2.55. The van der Waals surface area contributed by atoms with Gasteiger partial charge in [-0.2, -0.15) is 11.8 Å². The summed E-state index contributed by atoms with van der Waals surface area (Å²) >= 11 is 1.69. The zero-order valence-corrected chi connectivity index (χ0v) is 11.4. The Morgan fingerprint density at radius 3 is 2.53 bits per heavy atom. The Morgan fingerprint density at radius 2 is 2.18 bits per heavy atom. The third-order valence-corrected chi connectivity index (χ3v) is 4.72. The Bertz CT molecular complexity index is 325. The normalized spacial score (nSPS) is 19.6. The van der Waals surface area contributed by atoms with Crippen molar-refractivity contribution in [2.45, 2.75) is 37.9 Å². The van der Waals surface area contributed by atoms with E-state index in [9.17, 15) is 4.79 Å². The quantitative estimate of drug-likeness (QED) is 0.299. The van der Waals surface area contributed by atoms with Crippen LogP contribution in [0.2, 0.25) is 0 Å². The van der Waals surface area contributed by atoms with Gasteiger partial charge in [0.15, 0.2) is 5.84 Å². The average Bonchev–Trinajstić information content (AvgIpc) is 2.24. The zero-order valence-electron chi connectivity index (χ0n) is 10.6. The SMILES string of the molecule is CSC(C)(C)CNC(=O)C1(C(N)=NO)CCC1. The topological polar surface area (TPSA) is 87.7 Å². The molecule has 1 fully saturated rings. The van der Waals surface area contributed by atoms with Crippen molar-refractivity contribution in [1.29, 1.82) is 0 Å². The lowest BCUT2D eigenvalue weighted by atomic mass is 9.67. The Morgan fingerprint density at radius 1 is 1.59 bits per heavy atom. The summed E-state index contributed by atoms with van der Waals surface area (Å²) in [6.45, 7) is 4.71. The standard InChI is InChI=1S/C11H21N3O2S/c1-10(2,17-3)7-13-9(15)11(5-4-6-11)8(12)14-16/h16H,4-7H2,1-3H3,(H2,12,14)(H,13,15). The zero-order chi connectivity index (χ0) is 13.1. The van der Waals surface area contributed by atoms with Crippen LogP contribution in [0.15, 0.2) is 5.16 Å². The summed E-state index contributed by atoms with van der Waals surface area (Å²) in [7, 11) is 0. The minimum absolute atomic E-state index is 0.00822. The molecule has 0 bridgehead atoms. The predicted octanol–water partition coefficient (Wildman–Crippen LogP) is 1.16. The summed E-state index contributed by atoms with van der Waals surface area (Å²) in [4.78, 5) is 12.1. The van der Waals surface area contributed by atoms with Crippen LogP contribution in [-0.2, 0) is 4.79 Å². The molecule has 17 heavy (non-hydrogen) atoms. The van der Waals surface area contributed by atoms with E-state index >= 15 is 0 Å². The molecule has 0 heterocycles. The number of oxime groups is 1. The first-order chi connectivity index (χ1) is 7.88. The van der Waals surface area contributed by atoms with E-state index in [0.29, 0.717) is 19.4 Å². The van der Waals surface area contributed by atoms with E-state index < -0.39 is 5.41 Å². The maximum Gasteiger partial charge on any atom is 0.234 e. The monoisotopic (exact) mass is 259 g/mol. The second-order valence-corrected chi connectivity index (χ2v) is 6.58. The fourth-order valence-corrected chi connectivity index (χ4v) is 1.98. The molecule has 1 rings (SSSR count). The third kappa shape index (κ3) is 2.86. The van der Waals surface area contributed by atoms with Gasteiger partial charge in [-0.3, -0.25) is 4.79 Å². The molecule has 5 nitrogen and oxygen atoms in total. The fourth-order valence-electron chi connectivity index (χ4n) is 1.76. The highest BCUT2D eigenvalue weighted by atomic mass is 32.2. The number of nitrogens with one attached hydrogen (secondary N) is 1. The Hall–Kier alpha value is -0.910. The van der Waals surface area contributed by atoms with Gasteiger partial charge in [-0.05, 0) is 32.9 Å². The predicted molar refractivity (Wildman–Crippen MR) is 70.3 cm³/mol. The lowest BCUT2D eigenvalue weighted by Gasteiger charge is -2.39. The molecular weight excluding hydrogens is 238 g/mol. The van der Waals surface area contributed by atoms with Gasteiger partial charge in [0.05, 0.1) is 0 Å². The van der Waals surface area contributed by atoms with Crippen LogP contribution in [0.1, 0.15) is 33.1 Å². The van der Waals surface area contributed by atoms with E-state index in [0.717, 1.165) is 6.42 Å². The van der Waals surface area contributed by atoms with E-state index in [1.807, 2.05) is 6.26 Å². The number of carbonyl (C=O) groups excluding carboxylic acids is 1. The van der Waals surface area contributed by atoms with Gasteiger partial charge < -0.3 is 16.3 Å². The van der Waals surface area contributed by atoms with Crippen LogP contribution in [0, 0.1) is 5.41 Å². The summed E-state index contributed by atoms with van der Waals surface area (Å²) in [5.41, 5.74) is 4.85. The van der Waals surface area contributed by atoms with E-state index in [1.54, 1.807) is 11.8 Å². The number of amides is 1.